The Morgan fingerprint density at radius 1 is 1.16 bits per heavy atom. The van der Waals surface area contributed by atoms with Crippen LogP contribution in [0.1, 0.15) is 40.5 Å². The van der Waals surface area contributed by atoms with Crippen molar-refractivity contribution >= 4 is 34.5 Å². The van der Waals surface area contributed by atoms with Crippen molar-refractivity contribution in [2.75, 3.05) is 5.75 Å². The maximum Gasteiger partial charge on any atom is 0.233 e. The van der Waals surface area contributed by atoms with Gasteiger partial charge in [0.15, 0.2) is 5.16 Å². The van der Waals surface area contributed by atoms with Gasteiger partial charge < -0.3 is 9.47 Å². The lowest BCUT2D eigenvalue weighted by Gasteiger charge is -2.52. The Morgan fingerprint density at radius 2 is 1.76 bits per heavy atom. The van der Waals surface area contributed by atoms with Crippen molar-refractivity contribution in [1.29, 1.82) is 0 Å². The molecule has 6 heteroatoms. The number of imidazole rings is 1. The van der Waals surface area contributed by atoms with E-state index in [9.17, 15) is 9.59 Å². The van der Waals surface area contributed by atoms with Crippen LogP contribution in [0.15, 0.2) is 29.4 Å². The summed E-state index contributed by atoms with van der Waals surface area (Å²) in [6.07, 6.45) is 0.832. The van der Waals surface area contributed by atoms with Gasteiger partial charge in [0.05, 0.1) is 16.8 Å². The lowest BCUT2D eigenvalue weighted by atomic mass is 9.79. The summed E-state index contributed by atoms with van der Waals surface area (Å²) in [5.41, 5.74) is 1.08. The van der Waals surface area contributed by atoms with E-state index in [4.69, 9.17) is 0 Å². The lowest BCUT2D eigenvalue weighted by Crippen LogP contribution is -2.63. The standard InChI is InChI=1S/C19H25N3O2S/c1-18(2)10-13(23)11-19(3,4)22(18)16(24)12-25-17-20-14-8-6-7-9-15(14)21(17)5/h6-9H,10-12H2,1-5H3. The number of carbonyl (C=O) groups excluding carboxylic acids is 2. The van der Waals surface area contributed by atoms with Gasteiger partial charge in [0, 0.05) is 31.0 Å². The molecule has 0 spiro atoms. The van der Waals surface area contributed by atoms with E-state index < -0.39 is 11.1 Å². The molecule has 134 valence electrons. The topological polar surface area (TPSA) is 55.2 Å². The van der Waals surface area contributed by atoms with Gasteiger partial charge in [0.1, 0.15) is 5.78 Å². The zero-order valence-electron chi connectivity index (χ0n) is 15.5. The third-order valence-corrected chi connectivity index (χ3v) is 5.81. The van der Waals surface area contributed by atoms with Crippen LogP contribution in [0.2, 0.25) is 0 Å². The van der Waals surface area contributed by atoms with Gasteiger partial charge >= 0.3 is 0 Å². The third-order valence-electron chi connectivity index (χ3n) is 4.79. The normalized spacial score (nSPS) is 19.4. The van der Waals surface area contributed by atoms with Crippen LogP contribution >= 0.6 is 11.8 Å². The summed E-state index contributed by atoms with van der Waals surface area (Å²) in [6, 6.07) is 7.95. The summed E-state index contributed by atoms with van der Waals surface area (Å²) in [4.78, 5) is 31.5. The molecule has 0 unspecified atom stereocenters. The summed E-state index contributed by atoms with van der Waals surface area (Å²) in [5, 5.41) is 0.832. The van der Waals surface area contributed by atoms with Crippen LogP contribution in [-0.2, 0) is 16.6 Å². The monoisotopic (exact) mass is 359 g/mol. The highest BCUT2D eigenvalue weighted by Gasteiger charge is 2.47. The fourth-order valence-electron chi connectivity index (χ4n) is 4.12. The van der Waals surface area contributed by atoms with E-state index in [0.29, 0.717) is 18.6 Å². The maximum absolute atomic E-state index is 13.0. The molecule has 1 fully saturated rings. The van der Waals surface area contributed by atoms with Gasteiger partial charge in [-0.15, -0.1) is 0 Å². The number of benzene rings is 1. The molecular weight excluding hydrogens is 334 g/mol. The summed E-state index contributed by atoms with van der Waals surface area (Å²) >= 11 is 1.45. The smallest absolute Gasteiger partial charge is 0.233 e. The van der Waals surface area contributed by atoms with E-state index in [1.165, 1.54) is 11.8 Å². The number of nitrogens with zero attached hydrogens (tertiary/aromatic N) is 3. The zero-order chi connectivity index (χ0) is 18.4. The molecule has 2 aromatic rings. The van der Waals surface area contributed by atoms with Gasteiger partial charge in [-0.2, -0.15) is 0 Å². The Morgan fingerprint density at radius 3 is 2.36 bits per heavy atom. The van der Waals surface area contributed by atoms with Gasteiger partial charge in [0.2, 0.25) is 5.91 Å². The minimum absolute atomic E-state index is 0.0551. The Bertz CT molecular complexity index is 818. The van der Waals surface area contributed by atoms with Crippen molar-refractivity contribution in [2.24, 2.45) is 7.05 Å². The Balaban J connectivity index is 1.79. The van der Waals surface area contributed by atoms with Crippen molar-refractivity contribution in [3.05, 3.63) is 24.3 Å². The predicted octanol–water partition coefficient (Wildman–Crippen LogP) is 3.41. The highest BCUT2D eigenvalue weighted by molar-refractivity contribution is 7.99. The first-order chi connectivity index (χ1) is 11.6. The fourth-order valence-corrected chi connectivity index (χ4v) is 4.96. The van der Waals surface area contributed by atoms with Crippen molar-refractivity contribution in [2.45, 2.75) is 56.8 Å². The summed E-state index contributed by atoms with van der Waals surface area (Å²) in [7, 11) is 1.97. The van der Waals surface area contributed by atoms with Gasteiger partial charge in [-0.3, -0.25) is 9.59 Å². The lowest BCUT2D eigenvalue weighted by molar-refractivity contribution is -0.151. The van der Waals surface area contributed by atoms with Crippen LogP contribution in [0.25, 0.3) is 11.0 Å². The first kappa shape index (κ1) is 18.0. The molecule has 0 radical (unpaired) electrons. The Kier molecular flexibility index (Phi) is 4.43. The summed E-state index contributed by atoms with van der Waals surface area (Å²) in [5.74, 6) is 0.597. The average Bonchev–Trinajstić information content (AvgIpc) is 2.79. The van der Waals surface area contributed by atoms with E-state index >= 15 is 0 Å². The van der Waals surface area contributed by atoms with Gasteiger partial charge in [-0.1, -0.05) is 23.9 Å². The highest BCUT2D eigenvalue weighted by atomic mass is 32.2. The van der Waals surface area contributed by atoms with Crippen LogP contribution in [0.5, 0.6) is 0 Å². The average molecular weight is 359 g/mol. The number of ketones is 1. The Labute approximate surface area is 152 Å². The fraction of sp³-hybridized carbons (Fsp3) is 0.526. The van der Waals surface area contributed by atoms with Crippen molar-refractivity contribution < 1.29 is 9.59 Å². The number of Topliss-reactive ketones (excluding diaryl/α,β-unsaturated/α-hetero) is 1. The number of aryl methyl sites for hydroxylation is 1. The molecule has 25 heavy (non-hydrogen) atoms. The first-order valence-corrected chi connectivity index (χ1v) is 9.49. The van der Waals surface area contributed by atoms with Crippen molar-refractivity contribution in [1.82, 2.24) is 14.5 Å². The van der Waals surface area contributed by atoms with E-state index in [2.05, 4.69) is 4.98 Å². The van der Waals surface area contributed by atoms with Crippen molar-refractivity contribution in [3.63, 3.8) is 0 Å². The number of aromatic nitrogens is 2. The van der Waals surface area contributed by atoms with E-state index in [0.717, 1.165) is 16.2 Å². The summed E-state index contributed by atoms with van der Waals surface area (Å²) in [6.45, 7) is 7.90. The number of thioether (sulfide) groups is 1. The van der Waals surface area contributed by atoms with Crippen molar-refractivity contribution in [3.8, 4) is 0 Å². The number of rotatable bonds is 3. The minimum atomic E-state index is -0.456. The van der Waals surface area contributed by atoms with Gasteiger partial charge in [-0.05, 0) is 39.8 Å². The molecule has 0 N–H and O–H groups in total. The number of fused-ring (bicyclic) bond motifs is 1. The second-order valence-corrected chi connectivity index (χ2v) is 8.92. The number of piperidine rings is 1. The number of hydrogen-bond donors (Lipinski definition) is 0. The molecule has 1 aromatic carbocycles. The molecule has 1 saturated heterocycles. The van der Waals surface area contributed by atoms with Crippen LogP contribution in [-0.4, -0.2) is 43.0 Å². The Hall–Kier alpha value is -1.82. The molecule has 1 aromatic heterocycles. The van der Waals surface area contributed by atoms with Crippen LogP contribution in [0.4, 0.5) is 0 Å². The molecule has 0 aliphatic carbocycles. The molecule has 1 amide bonds. The number of hydrogen-bond acceptors (Lipinski definition) is 4. The van der Waals surface area contributed by atoms with Crippen LogP contribution in [0, 0.1) is 0 Å². The van der Waals surface area contributed by atoms with E-state index in [1.54, 1.807) is 0 Å². The molecule has 1 aliphatic rings. The van der Waals surface area contributed by atoms with Gasteiger partial charge in [-0.25, -0.2) is 4.98 Å². The third kappa shape index (κ3) is 3.32. The largest absolute Gasteiger partial charge is 0.331 e. The number of likely N-dealkylation sites (tertiary alicyclic amines) is 1. The quantitative estimate of drug-likeness (QED) is 0.788. The molecule has 0 atom stereocenters. The number of carbonyl (C=O) groups is 2. The molecule has 5 nitrogen and oxygen atoms in total. The number of para-hydroxylation sites is 2. The second kappa shape index (κ2) is 6.16. The first-order valence-electron chi connectivity index (χ1n) is 8.51. The molecule has 0 saturated carbocycles. The molecule has 2 heterocycles. The van der Waals surface area contributed by atoms with E-state index in [1.807, 2.05) is 68.5 Å². The predicted molar refractivity (Wildman–Crippen MR) is 101 cm³/mol. The maximum atomic E-state index is 13.0. The van der Waals surface area contributed by atoms with Crippen LogP contribution in [0.3, 0.4) is 0 Å². The van der Waals surface area contributed by atoms with Crippen LogP contribution < -0.4 is 0 Å². The SMILES string of the molecule is Cn1c(SCC(=O)N2C(C)(C)CC(=O)CC2(C)C)nc2ccccc21. The molecule has 3 rings (SSSR count). The minimum Gasteiger partial charge on any atom is -0.331 e. The molecule has 0 bridgehead atoms. The zero-order valence-corrected chi connectivity index (χ0v) is 16.3. The van der Waals surface area contributed by atoms with Gasteiger partial charge in [0.25, 0.3) is 0 Å². The van der Waals surface area contributed by atoms with E-state index in [-0.39, 0.29) is 11.7 Å². The molecule has 1 aliphatic heterocycles. The molecular formula is C19H25N3O2S. The number of amides is 1. The summed E-state index contributed by atoms with van der Waals surface area (Å²) < 4.78 is 2.02. The second-order valence-electron chi connectivity index (χ2n) is 7.98. The highest BCUT2D eigenvalue weighted by Crippen LogP contribution is 2.37.